The Balaban J connectivity index is 1.42. The van der Waals surface area contributed by atoms with Gasteiger partial charge in [-0.05, 0) is 54.8 Å². The average Bonchev–Trinajstić information content (AvgIpc) is 3.29. The maximum Gasteiger partial charge on any atom is 0.286 e. The van der Waals surface area contributed by atoms with Gasteiger partial charge in [0, 0.05) is 16.2 Å². The van der Waals surface area contributed by atoms with Crippen LogP contribution < -0.4 is 15.4 Å². The van der Waals surface area contributed by atoms with Gasteiger partial charge in [-0.15, -0.1) is 10.2 Å². The molecule has 3 aromatic rings. The molecule has 1 saturated carbocycles. The number of ether oxygens (including phenoxy) is 1. The number of amides is 1. The highest BCUT2D eigenvalue weighted by Gasteiger charge is 2.33. The molecule has 0 bridgehead atoms. The third-order valence-corrected chi connectivity index (χ3v) is 6.86. The number of anilines is 1. The number of nitrogens with zero attached hydrogens (tertiary/aromatic N) is 2. The zero-order valence-corrected chi connectivity index (χ0v) is 18.9. The van der Waals surface area contributed by atoms with Crippen molar-refractivity contribution >= 4 is 34.5 Å². The third-order valence-electron chi connectivity index (χ3n) is 5.69. The molecule has 0 radical (unpaired) electrons. The van der Waals surface area contributed by atoms with Gasteiger partial charge >= 0.3 is 0 Å². The van der Waals surface area contributed by atoms with E-state index in [1.807, 2.05) is 12.1 Å². The Hall–Kier alpha value is -2.48. The van der Waals surface area contributed by atoms with Crippen LogP contribution >= 0.6 is 22.9 Å². The summed E-state index contributed by atoms with van der Waals surface area (Å²) in [5.41, 5.74) is 1.84. The van der Waals surface area contributed by atoms with Crippen LogP contribution in [-0.4, -0.2) is 23.2 Å². The predicted octanol–water partition coefficient (Wildman–Crippen LogP) is 5.40. The van der Waals surface area contributed by atoms with Crippen LogP contribution in [0.4, 0.5) is 5.69 Å². The Morgan fingerprint density at radius 1 is 1.06 bits per heavy atom. The molecule has 2 N–H and O–H groups in total. The molecule has 0 atom stereocenters. The van der Waals surface area contributed by atoms with Crippen LogP contribution in [-0.2, 0) is 12.1 Å². The van der Waals surface area contributed by atoms with Gasteiger partial charge in [-0.2, -0.15) is 0 Å². The smallest absolute Gasteiger partial charge is 0.286 e. The highest BCUT2D eigenvalue weighted by atomic mass is 35.5. The van der Waals surface area contributed by atoms with Crippen molar-refractivity contribution in [2.75, 3.05) is 12.4 Å². The van der Waals surface area contributed by atoms with E-state index in [9.17, 15) is 4.79 Å². The van der Waals surface area contributed by atoms with Crippen LogP contribution in [0.1, 0.15) is 52.5 Å². The van der Waals surface area contributed by atoms with Crippen molar-refractivity contribution in [2.45, 2.75) is 44.2 Å². The molecule has 1 aliphatic carbocycles. The summed E-state index contributed by atoms with van der Waals surface area (Å²) in [4.78, 5) is 12.5. The first kappa shape index (κ1) is 21.7. The zero-order chi connectivity index (χ0) is 21.7. The van der Waals surface area contributed by atoms with Gasteiger partial charge in [-0.3, -0.25) is 4.79 Å². The summed E-state index contributed by atoms with van der Waals surface area (Å²) in [6, 6.07) is 15.3. The first-order chi connectivity index (χ1) is 15.1. The maximum absolute atomic E-state index is 12.5. The van der Waals surface area contributed by atoms with Gasteiger partial charge in [0.15, 0.2) is 0 Å². The highest BCUT2D eigenvalue weighted by molar-refractivity contribution is 7.13. The van der Waals surface area contributed by atoms with Gasteiger partial charge in [0.1, 0.15) is 10.8 Å². The van der Waals surface area contributed by atoms with E-state index in [0.717, 1.165) is 28.6 Å². The van der Waals surface area contributed by atoms with Gasteiger partial charge in [0.2, 0.25) is 5.01 Å². The molecule has 1 heterocycles. The summed E-state index contributed by atoms with van der Waals surface area (Å²) >= 11 is 7.40. The van der Waals surface area contributed by atoms with Gasteiger partial charge in [0.05, 0.1) is 13.7 Å². The summed E-state index contributed by atoms with van der Waals surface area (Å²) in [7, 11) is 1.61. The summed E-state index contributed by atoms with van der Waals surface area (Å²) in [6.45, 7) is 0.566. The monoisotopic (exact) mass is 456 g/mol. The van der Waals surface area contributed by atoms with Gasteiger partial charge in [-0.1, -0.05) is 54.3 Å². The molecule has 8 heteroatoms. The fourth-order valence-corrected chi connectivity index (χ4v) is 4.81. The van der Waals surface area contributed by atoms with E-state index in [1.165, 1.54) is 36.2 Å². The number of aromatic nitrogens is 2. The Bertz CT molecular complexity index is 1010. The van der Waals surface area contributed by atoms with E-state index < -0.39 is 0 Å². The molecule has 1 aromatic heterocycles. The first-order valence-corrected chi connectivity index (χ1v) is 11.6. The summed E-state index contributed by atoms with van der Waals surface area (Å²) in [5.74, 6) is 0.471. The van der Waals surface area contributed by atoms with Gasteiger partial charge in [0.25, 0.3) is 5.91 Å². The van der Waals surface area contributed by atoms with E-state index in [4.69, 9.17) is 16.3 Å². The number of halogens is 1. The molecule has 162 valence electrons. The van der Waals surface area contributed by atoms with Crippen molar-refractivity contribution in [2.24, 2.45) is 0 Å². The number of carbonyl (C=O) groups excluding carboxylic acids is 1. The van der Waals surface area contributed by atoms with E-state index in [1.54, 1.807) is 31.4 Å². The van der Waals surface area contributed by atoms with Gasteiger partial charge < -0.3 is 15.4 Å². The van der Waals surface area contributed by atoms with Crippen LogP contribution in [0.5, 0.6) is 5.75 Å². The van der Waals surface area contributed by atoms with Crippen LogP contribution in [0.25, 0.3) is 0 Å². The lowest BCUT2D eigenvalue weighted by Crippen LogP contribution is -2.43. The fourth-order valence-electron chi connectivity index (χ4n) is 4.01. The first-order valence-electron chi connectivity index (χ1n) is 10.4. The molecule has 1 amide bonds. The van der Waals surface area contributed by atoms with Crippen LogP contribution in [0.3, 0.4) is 0 Å². The second-order valence-electron chi connectivity index (χ2n) is 7.69. The molecule has 6 nitrogen and oxygen atoms in total. The lowest BCUT2D eigenvalue weighted by Gasteiger charge is -2.39. The normalized spacial score (nSPS) is 15.4. The molecule has 0 spiro atoms. The lowest BCUT2D eigenvalue weighted by molar-refractivity contribution is 0.102. The molecule has 0 aliphatic heterocycles. The zero-order valence-electron chi connectivity index (χ0n) is 17.4. The van der Waals surface area contributed by atoms with Crippen LogP contribution in [0.15, 0.2) is 48.5 Å². The number of nitrogens with one attached hydrogen (secondary N) is 2. The minimum Gasteiger partial charge on any atom is -0.497 e. The SMILES string of the molecule is COc1ccc(NC(=O)c2nnc(CNC3(c4ccc(Cl)cc4)CCCCC3)s2)cc1. The van der Waals surface area contributed by atoms with Crippen molar-refractivity contribution in [3.05, 3.63) is 69.1 Å². The highest BCUT2D eigenvalue weighted by Crippen LogP contribution is 2.38. The third kappa shape index (κ3) is 5.23. The predicted molar refractivity (Wildman–Crippen MR) is 124 cm³/mol. The van der Waals surface area contributed by atoms with Crippen molar-refractivity contribution < 1.29 is 9.53 Å². The number of carbonyl (C=O) groups is 1. The largest absolute Gasteiger partial charge is 0.497 e. The van der Waals surface area contributed by atoms with Crippen molar-refractivity contribution in [1.29, 1.82) is 0 Å². The summed E-state index contributed by atoms with van der Waals surface area (Å²) in [5, 5.41) is 16.8. The van der Waals surface area contributed by atoms with Crippen LogP contribution in [0.2, 0.25) is 5.02 Å². The fraction of sp³-hybridized carbons (Fsp3) is 0.348. The van der Waals surface area contributed by atoms with E-state index in [0.29, 0.717) is 17.2 Å². The molecule has 1 aliphatic rings. The second kappa shape index (κ2) is 9.77. The molecule has 0 unspecified atom stereocenters. The van der Waals surface area contributed by atoms with E-state index in [-0.39, 0.29) is 11.4 Å². The minimum atomic E-state index is -0.265. The Morgan fingerprint density at radius 2 is 1.77 bits per heavy atom. The lowest BCUT2D eigenvalue weighted by atomic mass is 9.76. The van der Waals surface area contributed by atoms with E-state index in [2.05, 4.69) is 33.0 Å². The van der Waals surface area contributed by atoms with Crippen molar-refractivity contribution in [1.82, 2.24) is 15.5 Å². The number of hydrogen-bond acceptors (Lipinski definition) is 6. The number of benzene rings is 2. The number of hydrogen-bond donors (Lipinski definition) is 2. The number of methoxy groups -OCH3 is 1. The Morgan fingerprint density at radius 3 is 2.45 bits per heavy atom. The maximum atomic E-state index is 12.5. The standard InChI is InChI=1S/C23H25ClN4O2S/c1-30-19-11-9-18(10-12-19)26-21(29)22-28-27-20(31-22)15-25-23(13-3-2-4-14-23)16-5-7-17(24)8-6-16/h5-12,25H,2-4,13-15H2,1H3,(H,26,29). The quantitative estimate of drug-likeness (QED) is 0.497. The van der Waals surface area contributed by atoms with Crippen molar-refractivity contribution in [3.63, 3.8) is 0 Å². The molecular weight excluding hydrogens is 432 g/mol. The molecule has 31 heavy (non-hydrogen) atoms. The van der Waals surface area contributed by atoms with Crippen LogP contribution in [0, 0.1) is 0 Å². The molecule has 0 saturated heterocycles. The van der Waals surface area contributed by atoms with Crippen molar-refractivity contribution in [3.8, 4) is 5.75 Å². The average molecular weight is 457 g/mol. The molecule has 4 rings (SSSR count). The minimum absolute atomic E-state index is 0.0972. The Kier molecular flexibility index (Phi) is 6.85. The van der Waals surface area contributed by atoms with Gasteiger partial charge in [-0.25, -0.2) is 0 Å². The topological polar surface area (TPSA) is 76.1 Å². The summed E-state index contributed by atoms with van der Waals surface area (Å²) in [6.07, 6.45) is 5.75. The van der Waals surface area contributed by atoms with E-state index >= 15 is 0 Å². The molecule has 2 aromatic carbocycles. The Labute approximate surface area is 191 Å². The second-order valence-corrected chi connectivity index (χ2v) is 9.19. The number of rotatable bonds is 7. The molecular formula is C23H25ClN4O2S. The molecule has 1 fully saturated rings. The summed E-state index contributed by atoms with van der Waals surface area (Å²) < 4.78 is 5.14.